The summed E-state index contributed by atoms with van der Waals surface area (Å²) in [6, 6.07) is 7.84. The largest absolute Gasteiger partial charge is 0.461 e. The van der Waals surface area contributed by atoms with Gasteiger partial charge in [0.25, 0.3) is 5.56 Å². The van der Waals surface area contributed by atoms with E-state index < -0.39 is 0 Å². The van der Waals surface area contributed by atoms with Gasteiger partial charge in [0, 0.05) is 50.9 Å². The van der Waals surface area contributed by atoms with Crippen LogP contribution in [0.25, 0.3) is 22.4 Å². The average molecular weight is 534 g/mol. The van der Waals surface area contributed by atoms with Gasteiger partial charge in [0.15, 0.2) is 0 Å². The molecule has 208 valence electrons. The maximum Gasteiger partial charge on any atom is 0.323 e. The van der Waals surface area contributed by atoms with Crippen LogP contribution in [-0.4, -0.2) is 56.1 Å². The van der Waals surface area contributed by atoms with E-state index in [4.69, 9.17) is 9.72 Å². The lowest BCUT2D eigenvalue weighted by Crippen LogP contribution is -2.40. The number of imidazole rings is 1. The Hall–Kier alpha value is -3.46. The number of nitrogens with zero attached hydrogens (tertiary/aromatic N) is 4. The van der Waals surface area contributed by atoms with Crippen molar-refractivity contribution in [1.82, 2.24) is 24.3 Å². The summed E-state index contributed by atoms with van der Waals surface area (Å²) in [5.41, 5.74) is 4.37. The molecule has 2 aromatic heterocycles. The fourth-order valence-corrected chi connectivity index (χ4v) is 5.65. The van der Waals surface area contributed by atoms with E-state index in [2.05, 4.69) is 28.1 Å². The summed E-state index contributed by atoms with van der Waals surface area (Å²) in [5, 5.41) is 3.37. The number of hydrogen-bond donors (Lipinski definition) is 1. The second kappa shape index (κ2) is 11.3. The second-order valence-corrected chi connectivity index (χ2v) is 11.0. The number of pyridine rings is 1. The summed E-state index contributed by atoms with van der Waals surface area (Å²) in [4.78, 5) is 44.2. The van der Waals surface area contributed by atoms with E-state index in [0.29, 0.717) is 25.1 Å². The summed E-state index contributed by atoms with van der Waals surface area (Å²) in [6.07, 6.45) is 7.49. The molecule has 1 aromatic carbocycles. The van der Waals surface area contributed by atoms with Gasteiger partial charge in [-0.2, -0.15) is 0 Å². The highest BCUT2D eigenvalue weighted by molar-refractivity contribution is 5.82. The molecular formula is C30H39N5O4. The first kappa shape index (κ1) is 27.1. The number of carbonyl (C=O) groups is 2. The Balaban J connectivity index is 1.47. The van der Waals surface area contributed by atoms with Crippen LogP contribution < -0.4 is 10.9 Å². The van der Waals surface area contributed by atoms with Crippen molar-refractivity contribution in [2.75, 3.05) is 13.1 Å². The highest BCUT2D eigenvalue weighted by Crippen LogP contribution is 2.33. The zero-order valence-corrected chi connectivity index (χ0v) is 23.4. The van der Waals surface area contributed by atoms with E-state index in [1.807, 2.05) is 31.0 Å². The molecule has 2 atom stereocenters. The zero-order chi connectivity index (χ0) is 27.7. The molecule has 1 saturated carbocycles. The Labute approximate surface area is 229 Å². The van der Waals surface area contributed by atoms with Crippen molar-refractivity contribution in [3.63, 3.8) is 0 Å². The number of hydrogen-bond acceptors (Lipinski definition) is 6. The third-order valence-electron chi connectivity index (χ3n) is 8.16. The third-order valence-corrected chi connectivity index (χ3v) is 8.16. The standard InChI is InChI=1S/C30H39N5O4/c1-5-25(30(38)39-24-9-6-10-24)31-16-21-11-12-27-26(15-21)32-28(22-14-19(2)29(37)33(4)17-22)35(27)23-8-7-13-34(18-23)20(3)36/h11-12,14-15,17,23-25,31H,5-10,13,16,18H2,1-4H3. The van der Waals surface area contributed by atoms with Gasteiger partial charge in [-0.1, -0.05) is 13.0 Å². The van der Waals surface area contributed by atoms with E-state index in [1.165, 1.54) is 0 Å². The van der Waals surface area contributed by atoms with E-state index in [1.54, 1.807) is 18.5 Å². The summed E-state index contributed by atoms with van der Waals surface area (Å²) >= 11 is 0. The number of likely N-dealkylation sites (tertiary alicyclic amines) is 1. The molecule has 2 fully saturated rings. The molecule has 1 aliphatic heterocycles. The van der Waals surface area contributed by atoms with Crippen LogP contribution in [0.3, 0.4) is 0 Å². The van der Waals surface area contributed by atoms with Crippen LogP contribution in [0.1, 0.15) is 69.5 Å². The molecule has 9 nitrogen and oxygen atoms in total. The fourth-order valence-electron chi connectivity index (χ4n) is 5.65. The van der Waals surface area contributed by atoms with Crippen LogP contribution in [0.5, 0.6) is 0 Å². The average Bonchev–Trinajstić information content (AvgIpc) is 3.28. The van der Waals surface area contributed by atoms with Crippen molar-refractivity contribution in [2.45, 2.75) is 84.0 Å². The van der Waals surface area contributed by atoms with Crippen LogP contribution in [0.15, 0.2) is 35.3 Å². The molecule has 3 aromatic rings. The number of amides is 1. The van der Waals surface area contributed by atoms with Gasteiger partial charge in [-0.05, 0) is 69.2 Å². The van der Waals surface area contributed by atoms with Crippen molar-refractivity contribution < 1.29 is 14.3 Å². The third kappa shape index (κ3) is 5.64. The fraction of sp³-hybridized carbons (Fsp3) is 0.533. The van der Waals surface area contributed by atoms with E-state index in [0.717, 1.165) is 66.6 Å². The van der Waals surface area contributed by atoms with Crippen molar-refractivity contribution in [1.29, 1.82) is 0 Å². The minimum atomic E-state index is -0.345. The maximum absolute atomic E-state index is 12.6. The molecule has 1 amide bonds. The normalized spacial score (nSPS) is 18.7. The smallest absolute Gasteiger partial charge is 0.323 e. The summed E-state index contributed by atoms with van der Waals surface area (Å²) in [5.74, 6) is 0.699. The molecule has 3 heterocycles. The Morgan fingerprint density at radius 2 is 1.97 bits per heavy atom. The monoisotopic (exact) mass is 533 g/mol. The number of carbonyl (C=O) groups excluding carboxylic acids is 2. The van der Waals surface area contributed by atoms with Gasteiger partial charge in [-0.25, -0.2) is 4.98 Å². The lowest BCUT2D eigenvalue weighted by molar-refractivity contribution is -0.155. The number of aromatic nitrogens is 3. The first-order valence-electron chi connectivity index (χ1n) is 14.1. The van der Waals surface area contributed by atoms with E-state index >= 15 is 0 Å². The van der Waals surface area contributed by atoms with Gasteiger partial charge in [0.2, 0.25) is 5.91 Å². The highest BCUT2D eigenvalue weighted by atomic mass is 16.5. The number of piperidine rings is 1. The van der Waals surface area contributed by atoms with Crippen LogP contribution >= 0.6 is 0 Å². The maximum atomic E-state index is 12.6. The Kier molecular flexibility index (Phi) is 7.88. The number of esters is 1. The summed E-state index contributed by atoms with van der Waals surface area (Å²) in [7, 11) is 1.76. The molecule has 1 saturated heterocycles. The molecule has 0 bridgehead atoms. The van der Waals surface area contributed by atoms with Gasteiger partial charge in [0.1, 0.15) is 18.0 Å². The van der Waals surface area contributed by atoms with Gasteiger partial charge in [-0.3, -0.25) is 14.4 Å². The molecule has 5 rings (SSSR count). The molecule has 2 unspecified atom stereocenters. The molecule has 2 aliphatic rings. The van der Waals surface area contributed by atoms with Crippen molar-refractivity contribution in [2.24, 2.45) is 7.05 Å². The zero-order valence-electron chi connectivity index (χ0n) is 23.4. The first-order valence-corrected chi connectivity index (χ1v) is 14.1. The predicted octanol–water partition coefficient (Wildman–Crippen LogP) is 3.86. The summed E-state index contributed by atoms with van der Waals surface area (Å²) < 4.78 is 9.46. The number of nitrogens with one attached hydrogen (secondary N) is 1. The number of benzene rings is 1. The Morgan fingerprint density at radius 1 is 1.18 bits per heavy atom. The topological polar surface area (TPSA) is 98.5 Å². The van der Waals surface area contributed by atoms with Gasteiger partial charge in [0.05, 0.1) is 17.1 Å². The SMILES string of the molecule is CCC(NCc1ccc2c(c1)nc(-c1cc(C)c(=O)n(C)c1)n2C1CCCN(C(C)=O)C1)C(=O)OC1CCC1. The van der Waals surface area contributed by atoms with E-state index in [-0.39, 0.29) is 35.6 Å². The summed E-state index contributed by atoms with van der Waals surface area (Å²) in [6.45, 7) is 7.35. The number of rotatable bonds is 8. The van der Waals surface area contributed by atoms with Gasteiger partial charge < -0.3 is 24.1 Å². The molecule has 1 N–H and O–H groups in total. The molecule has 0 spiro atoms. The molecular weight excluding hydrogens is 494 g/mol. The lowest BCUT2D eigenvalue weighted by atomic mass is 9.96. The van der Waals surface area contributed by atoms with Crippen molar-refractivity contribution in [3.8, 4) is 11.4 Å². The molecule has 1 aliphatic carbocycles. The second-order valence-electron chi connectivity index (χ2n) is 11.0. The quantitative estimate of drug-likeness (QED) is 0.442. The Bertz CT molecular complexity index is 1410. The molecule has 0 radical (unpaired) electrons. The number of ether oxygens (including phenoxy) is 1. The minimum Gasteiger partial charge on any atom is -0.461 e. The van der Waals surface area contributed by atoms with Crippen LogP contribution in [0.4, 0.5) is 0 Å². The predicted molar refractivity (Wildman–Crippen MR) is 150 cm³/mol. The number of fused-ring (bicyclic) bond motifs is 1. The van der Waals surface area contributed by atoms with Crippen molar-refractivity contribution >= 4 is 22.9 Å². The van der Waals surface area contributed by atoms with Crippen LogP contribution in [0.2, 0.25) is 0 Å². The van der Waals surface area contributed by atoms with Crippen LogP contribution in [-0.2, 0) is 27.9 Å². The number of aryl methyl sites for hydroxylation is 2. The van der Waals surface area contributed by atoms with Gasteiger partial charge in [-0.15, -0.1) is 0 Å². The van der Waals surface area contributed by atoms with Gasteiger partial charge >= 0.3 is 5.97 Å². The van der Waals surface area contributed by atoms with E-state index in [9.17, 15) is 14.4 Å². The first-order chi connectivity index (χ1) is 18.7. The van der Waals surface area contributed by atoms with Crippen molar-refractivity contribution in [3.05, 3.63) is 51.9 Å². The Morgan fingerprint density at radius 3 is 2.64 bits per heavy atom. The molecule has 9 heteroatoms. The lowest BCUT2D eigenvalue weighted by Gasteiger charge is -2.34. The van der Waals surface area contributed by atoms with Crippen LogP contribution in [0, 0.1) is 6.92 Å². The highest BCUT2D eigenvalue weighted by Gasteiger charge is 2.28. The minimum absolute atomic E-state index is 0.0310. The molecule has 39 heavy (non-hydrogen) atoms.